The number of hydrogen-bond acceptors (Lipinski definition) is 3. The molecule has 0 spiro atoms. The van der Waals surface area contributed by atoms with E-state index in [1.54, 1.807) is 6.92 Å². The first-order chi connectivity index (χ1) is 9.75. The summed E-state index contributed by atoms with van der Waals surface area (Å²) in [5.41, 5.74) is 0.331. The van der Waals surface area contributed by atoms with Gasteiger partial charge in [0.15, 0.2) is 0 Å². The molecule has 0 aliphatic heterocycles. The minimum Gasteiger partial charge on any atom is -0.478 e. The van der Waals surface area contributed by atoms with Gasteiger partial charge in [-0.1, -0.05) is 6.07 Å². The Morgan fingerprint density at radius 3 is 2.48 bits per heavy atom. The molecule has 0 aromatic heterocycles. The van der Waals surface area contributed by atoms with Crippen molar-refractivity contribution in [2.24, 2.45) is 5.92 Å². The van der Waals surface area contributed by atoms with E-state index in [1.165, 1.54) is 22.5 Å². The van der Waals surface area contributed by atoms with Gasteiger partial charge in [0.05, 0.1) is 10.5 Å². The van der Waals surface area contributed by atoms with Crippen LogP contribution in [0.15, 0.2) is 23.1 Å². The molecular formula is C15H21NO4S. The van der Waals surface area contributed by atoms with E-state index in [1.807, 2.05) is 13.8 Å². The smallest absolute Gasteiger partial charge is 0.335 e. The fraction of sp³-hybridized carbons (Fsp3) is 0.533. The SMILES string of the molecule is Cc1c(C(=O)O)cccc1S(=O)(=O)N(CC1CC1)C(C)C. The summed E-state index contributed by atoms with van der Waals surface area (Å²) in [4.78, 5) is 11.3. The maximum absolute atomic E-state index is 12.9. The fourth-order valence-electron chi connectivity index (χ4n) is 2.39. The molecule has 1 N–H and O–H groups in total. The lowest BCUT2D eigenvalue weighted by Crippen LogP contribution is -2.38. The van der Waals surface area contributed by atoms with Crippen molar-refractivity contribution in [1.29, 1.82) is 0 Å². The van der Waals surface area contributed by atoms with Crippen LogP contribution >= 0.6 is 0 Å². The Morgan fingerprint density at radius 1 is 1.38 bits per heavy atom. The molecule has 1 fully saturated rings. The zero-order valence-corrected chi connectivity index (χ0v) is 13.4. The van der Waals surface area contributed by atoms with Crippen LogP contribution in [0.3, 0.4) is 0 Å². The molecule has 1 aromatic carbocycles. The standard InChI is InChI=1S/C15H21NO4S/c1-10(2)16(9-12-7-8-12)21(19,20)14-6-4-5-13(11(14)3)15(17)18/h4-6,10,12H,7-9H2,1-3H3,(H,17,18). The van der Waals surface area contributed by atoms with Gasteiger partial charge in [0, 0.05) is 12.6 Å². The zero-order valence-electron chi connectivity index (χ0n) is 12.5. The molecule has 0 radical (unpaired) electrons. The van der Waals surface area contributed by atoms with E-state index < -0.39 is 16.0 Å². The summed E-state index contributed by atoms with van der Waals surface area (Å²) in [7, 11) is -3.67. The van der Waals surface area contributed by atoms with Gasteiger partial charge < -0.3 is 5.11 Å². The Morgan fingerprint density at radius 2 is 2.00 bits per heavy atom. The van der Waals surface area contributed by atoms with Gasteiger partial charge in [-0.25, -0.2) is 13.2 Å². The molecule has 6 heteroatoms. The number of hydrogen-bond donors (Lipinski definition) is 1. The topological polar surface area (TPSA) is 74.7 Å². The molecule has 0 atom stereocenters. The van der Waals surface area contributed by atoms with E-state index in [0.717, 1.165) is 12.8 Å². The summed E-state index contributed by atoms with van der Waals surface area (Å²) < 4.78 is 27.2. The Kier molecular flexibility index (Phi) is 4.39. The van der Waals surface area contributed by atoms with Crippen LogP contribution in [0.25, 0.3) is 0 Å². The van der Waals surface area contributed by atoms with Crippen molar-refractivity contribution in [2.45, 2.75) is 44.6 Å². The highest BCUT2D eigenvalue weighted by atomic mass is 32.2. The third kappa shape index (κ3) is 3.27. The molecule has 0 amide bonds. The lowest BCUT2D eigenvalue weighted by atomic mass is 10.1. The highest BCUT2D eigenvalue weighted by Gasteiger charge is 2.34. The summed E-state index contributed by atoms with van der Waals surface area (Å²) in [5.74, 6) is -0.673. The molecule has 1 aromatic rings. The van der Waals surface area contributed by atoms with Crippen molar-refractivity contribution in [3.05, 3.63) is 29.3 Å². The van der Waals surface area contributed by atoms with Crippen LogP contribution in [0.5, 0.6) is 0 Å². The van der Waals surface area contributed by atoms with Gasteiger partial charge in [0.25, 0.3) is 0 Å². The molecular weight excluding hydrogens is 290 g/mol. The van der Waals surface area contributed by atoms with E-state index in [2.05, 4.69) is 0 Å². The normalized spacial score (nSPS) is 15.7. The maximum atomic E-state index is 12.9. The second-order valence-electron chi connectivity index (χ2n) is 5.85. The number of sulfonamides is 1. The number of aromatic carboxylic acids is 1. The summed E-state index contributed by atoms with van der Waals surface area (Å²) >= 11 is 0. The monoisotopic (exact) mass is 311 g/mol. The van der Waals surface area contributed by atoms with Gasteiger partial charge in [-0.15, -0.1) is 0 Å². The number of benzene rings is 1. The summed E-state index contributed by atoms with van der Waals surface area (Å²) in [6, 6.07) is 4.25. The van der Waals surface area contributed by atoms with Crippen molar-refractivity contribution in [1.82, 2.24) is 4.31 Å². The maximum Gasteiger partial charge on any atom is 0.335 e. The van der Waals surface area contributed by atoms with Crippen LogP contribution < -0.4 is 0 Å². The average Bonchev–Trinajstić information content (AvgIpc) is 3.18. The molecule has 0 bridgehead atoms. The van der Waals surface area contributed by atoms with Gasteiger partial charge in [0.2, 0.25) is 10.0 Å². The third-order valence-corrected chi connectivity index (χ3v) is 6.00. The molecule has 21 heavy (non-hydrogen) atoms. The molecule has 5 nitrogen and oxygen atoms in total. The summed E-state index contributed by atoms with van der Waals surface area (Å²) in [5, 5.41) is 9.15. The van der Waals surface area contributed by atoms with Crippen molar-refractivity contribution in [2.75, 3.05) is 6.54 Å². The lowest BCUT2D eigenvalue weighted by Gasteiger charge is -2.27. The number of carboxylic acid groups (broad SMARTS) is 1. The first-order valence-corrected chi connectivity index (χ1v) is 8.54. The Balaban J connectivity index is 2.46. The van der Waals surface area contributed by atoms with E-state index >= 15 is 0 Å². The Bertz CT molecular complexity index is 648. The highest BCUT2D eigenvalue weighted by molar-refractivity contribution is 7.89. The zero-order chi connectivity index (χ0) is 15.8. The molecule has 0 heterocycles. The van der Waals surface area contributed by atoms with Crippen LogP contribution in [0, 0.1) is 12.8 Å². The molecule has 0 unspecified atom stereocenters. The summed E-state index contributed by atoms with van der Waals surface area (Å²) in [6.07, 6.45) is 2.12. The Hall–Kier alpha value is -1.40. The van der Waals surface area contributed by atoms with Crippen LogP contribution in [0.2, 0.25) is 0 Å². The number of nitrogens with zero attached hydrogens (tertiary/aromatic N) is 1. The lowest BCUT2D eigenvalue weighted by molar-refractivity contribution is 0.0696. The minimum atomic E-state index is -3.67. The van der Waals surface area contributed by atoms with Crippen molar-refractivity contribution in [3.8, 4) is 0 Å². The third-order valence-electron chi connectivity index (χ3n) is 3.81. The van der Waals surface area contributed by atoms with Gasteiger partial charge in [-0.2, -0.15) is 4.31 Å². The van der Waals surface area contributed by atoms with Crippen LogP contribution in [0.4, 0.5) is 0 Å². The van der Waals surface area contributed by atoms with Gasteiger partial charge >= 0.3 is 5.97 Å². The second-order valence-corrected chi connectivity index (χ2v) is 7.70. The van der Waals surface area contributed by atoms with Crippen molar-refractivity contribution < 1.29 is 18.3 Å². The average molecular weight is 311 g/mol. The van der Waals surface area contributed by atoms with Gasteiger partial charge in [0.1, 0.15) is 0 Å². The Labute approximate surface area is 125 Å². The number of carbonyl (C=O) groups is 1. The molecule has 1 aliphatic carbocycles. The number of carboxylic acids is 1. The predicted molar refractivity (Wildman–Crippen MR) is 79.9 cm³/mol. The quantitative estimate of drug-likeness (QED) is 0.876. The van der Waals surface area contributed by atoms with Crippen LogP contribution in [-0.4, -0.2) is 36.4 Å². The van der Waals surface area contributed by atoms with Crippen molar-refractivity contribution >= 4 is 16.0 Å². The molecule has 1 saturated carbocycles. The van der Waals surface area contributed by atoms with Crippen LogP contribution in [-0.2, 0) is 10.0 Å². The van der Waals surface area contributed by atoms with Gasteiger partial charge in [-0.05, 0) is 57.2 Å². The predicted octanol–water partition coefficient (Wildman–Crippen LogP) is 2.50. The van der Waals surface area contributed by atoms with E-state index in [4.69, 9.17) is 5.11 Å². The molecule has 2 rings (SSSR count). The molecule has 1 aliphatic rings. The molecule has 116 valence electrons. The minimum absolute atomic E-state index is 0.0335. The highest BCUT2D eigenvalue weighted by Crippen LogP contribution is 2.33. The van der Waals surface area contributed by atoms with Crippen LogP contribution in [0.1, 0.15) is 42.6 Å². The molecule has 0 saturated heterocycles. The largest absolute Gasteiger partial charge is 0.478 e. The van der Waals surface area contributed by atoms with Crippen molar-refractivity contribution in [3.63, 3.8) is 0 Å². The number of rotatable bonds is 6. The van der Waals surface area contributed by atoms with Gasteiger partial charge in [-0.3, -0.25) is 0 Å². The fourth-order valence-corrected chi connectivity index (χ4v) is 4.36. The van der Waals surface area contributed by atoms with E-state index in [-0.39, 0.29) is 16.5 Å². The first kappa shape index (κ1) is 16.0. The second kappa shape index (κ2) is 5.77. The van der Waals surface area contributed by atoms with E-state index in [9.17, 15) is 13.2 Å². The first-order valence-electron chi connectivity index (χ1n) is 7.10. The summed E-state index contributed by atoms with van der Waals surface area (Å²) in [6.45, 7) is 5.75. The van der Waals surface area contributed by atoms with E-state index in [0.29, 0.717) is 18.0 Å².